The molecule has 2 aromatic rings. The van der Waals surface area contributed by atoms with E-state index < -0.39 is 23.6 Å². The van der Waals surface area contributed by atoms with E-state index in [1.165, 1.54) is 6.33 Å². The molecule has 1 aliphatic rings. The quantitative estimate of drug-likeness (QED) is 0.875. The van der Waals surface area contributed by atoms with Crippen LogP contribution < -0.4 is 10.2 Å². The summed E-state index contributed by atoms with van der Waals surface area (Å²) < 4.78 is 39.5. The van der Waals surface area contributed by atoms with E-state index >= 15 is 0 Å². The van der Waals surface area contributed by atoms with Crippen LogP contribution in [0.1, 0.15) is 11.4 Å². The number of aromatic nitrogens is 3. The van der Waals surface area contributed by atoms with E-state index in [0.29, 0.717) is 0 Å². The van der Waals surface area contributed by atoms with Gasteiger partial charge in [0.05, 0.1) is 16.9 Å². The van der Waals surface area contributed by atoms with Crippen LogP contribution in [-0.4, -0.2) is 33.1 Å². The van der Waals surface area contributed by atoms with Gasteiger partial charge in [-0.15, -0.1) is 5.10 Å². The summed E-state index contributed by atoms with van der Waals surface area (Å²) in [4.78, 5) is 28.9. The number of fused-ring (bicyclic) bond motifs is 1. The first-order valence-corrected chi connectivity index (χ1v) is 6.89. The first kappa shape index (κ1) is 16.4. The standard InChI is InChI=1S/C14H9F3N6O2/c15-14(16,17)8-1-2-10-9(3-8)20-12(24)5-23(10)13(25)6-22-7-19-11(4-18)21-22/h1-3,7H,5-6H2,(H,20,24). The van der Waals surface area contributed by atoms with Crippen molar-refractivity contribution >= 4 is 23.2 Å². The van der Waals surface area contributed by atoms with Crippen LogP contribution in [0.15, 0.2) is 24.5 Å². The Kier molecular flexibility index (Phi) is 3.88. The number of carbonyl (C=O) groups is 2. The average molecular weight is 350 g/mol. The summed E-state index contributed by atoms with van der Waals surface area (Å²) >= 11 is 0. The van der Waals surface area contributed by atoms with Crippen molar-refractivity contribution in [1.82, 2.24) is 14.8 Å². The highest BCUT2D eigenvalue weighted by Crippen LogP contribution is 2.36. The Morgan fingerprint density at radius 1 is 1.40 bits per heavy atom. The zero-order chi connectivity index (χ0) is 18.2. The van der Waals surface area contributed by atoms with Gasteiger partial charge in [0.2, 0.25) is 11.8 Å². The molecule has 2 amide bonds. The molecule has 11 heteroatoms. The van der Waals surface area contributed by atoms with Crippen LogP contribution in [0.5, 0.6) is 0 Å². The van der Waals surface area contributed by atoms with E-state index in [1.807, 2.05) is 0 Å². The number of alkyl halides is 3. The predicted octanol–water partition coefficient (Wildman–Crippen LogP) is 1.15. The second-order valence-electron chi connectivity index (χ2n) is 5.14. The van der Waals surface area contributed by atoms with Crippen molar-refractivity contribution in [3.8, 4) is 6.07 Å². The largest absolute Gasteiger partial charge is 0.416 e. The summed E-state index contributed by atoms with van der Waals surface area (Å²) in [7, 11) is 0. The number of nitriles is 1. The molecule has 0 aliphatic carbocycles. The van der Waals surface area contributed by atoms with Gasteiger partial charge in [-0.1, -0.05) is 0 Å². The van der Waals surface area contributed by atoms with E-state index in [4.69, 9.17) is 5.26 Å². The molecule has 0 saturated carbocycles. The summed E-state index contributed by atoms with van der Waals surface area (Å²) in [5.74, 6) is -1.32. The lowest BCUT2D eigenvalue weighted by Crippen LogP contribution is -2.43. The molecule has 8 nitrogen and oxygen atoms in total. The fourth-order valence-electron chi connectivity index (χ4n) is 2.33. The molecule has 0 radical (unpaired) electrons. The SMILES string of the molecule is N#Cc1ncn(CC(=O)N2CC(=O)Nc3cc(C(F)(F)F)ccc32)n1. The number of carbonyl (C=O) groups excluding carboxylic acids is 2. The number of nitrogens with one attached hydrogen (secondary N) is 1. The zero-order valence-corrected chi connectivity index (χ0v) is 12.4. The Hall–Kier alpha value is -3.42. The van der Waals surface area contributed by atoms with Gasteiger partial charge in [-0.3, -0.25) is 14.5 Å². The lowest BCUT2D eigenvalue weighted by Gasteiger charge is -2.29. The molecule has 1 aromatic carbocycles. The molecular formula is C14H9F3N6O2. The van der Waals surface area contributed by atoms with Crippen LogP contribution in [0, 0.1) is 11.3 Å². The van der Waals surface area contributed by atoms with Gasteiger partial charge in [-0.25, -0.2) is 9.67 Å². The molecule has 0 bridgehead atoms. The van der Waals surface area contributed by atoms with Gasteiger partial charge in [-0.05, 0) is 18.2 Å². The molecule has 1 aliphatic heterocycles. The van der Waals surface area contributed by atoms with Gasteiger partial charge < -0.3 is 5.32 Å². The van der Waals surface area contributed by atoms with Crippen molar-refractivity contribution in [3.63, 3.8) is 0 Å². The van der Waals surface area contributed by atoms with Crippen LogP contribution in [0.2, 0.25) is 0 Å². The first-order chi connectivity index (χ1) is 11.8. The van der Waals surface area contributed by atoms with Gasteiger partial charge in [-0.2, -0.15) is 18.4 Å². The maximum absolute atomic E-state index is 12.8. The molecular weight excluding hydrogens is 341 g/mol. The van der Waals surface area contributed by atoms with Crippen molar-refractivity contribution in [2.24, 2.45) is 0 Å². The zero-order valence-electron chi connectivity index (χ0n) is 12.4. The number of rotatable bonds is 2. The molecule has 0 spiro atoms. The molecule has 3 rings (SSSR count). The Balaban J connectivity index is 1.89. The molecule has 2 heterocycles. The summed E-state index contributed by atoms with van der Waals surface area (Å²) in [6, 6.07) is 4.43. The van der Waals surface area contributed by atoms with Gasteiger partial charge >= 0.3 is 6.18 Å². The van der Waals surface area contributed by atoms with Gasteiger partial charge in [0, 0.05) is 0 Å². The number of hydrogen-bond donors (Lipinski definition) is 1. The van der Waals surface area contributed by atoms with Crippen molar-refractivity contribution in [3.05, 3.63) is 35.9 Å². The highest BCUT2D eigenvalue weighted by molar-refractivity contribution is 6.09. The fraction of sp³-hybridized carbons (Fsp3) is 0.214. The molecule has 128 valence electrons. The molecule has 0 atom stereocenters. The Bertz CT molecular complexity index is 899. The molecule has 25 heavy (non-hydrogen) atoms. The monoisotopic (exact) mass is 350 g/mol. The number of anilines is 2. The van der Waals surface area contributed by atoms with Crippen LogP contribution in [0.3, 0.4) is 0 Å². The van der Waals surface area contributed by atoms with Gasteiger partial charge in [0.25, 0.3) is 5.82 Å². The van der Waals surface area contributed by atoms with Crippen LogP contribution >= 0.6 is 0 Å². The van der Waals surface area contributed by atoms with E-state index in [0.717, 1.165) is 27.8 Å². The highest BCUT2D eigenvalue weighted by atomic mass is 19.4. The number of benzene rings is 1. The average Bonchev–Trinajstić information content (AvgIpc) is 3.00. The normalized spacial score (nSPS) is 13.8. The van der Waals surface area contributed by atoms with Crippen molar-refractivity contribution in [2.45, 2.75) is 12.7 Å². The maximum atomic E-state index is 12.8. The minimum atomic E-state index is -4.57. The Morgan fingerprint density at radius 2 is 2.16 bits per heavy atom. The third-order valence-electron chi connectivity index (χ3n) is 3.43. The smallest absolute Gasteiger partial charge is 0.323 e. The first-order valence-electron chi connectivity index (χ1n) is 6.89. The fourth-order valence-corrected chi connectivity index (χ4v) is 2.33. The topological polar surface area (TPSA) is 104 Å². The minimum absolute atomic E-state index is 0.101. The van der Waals surface area contributed by atoms with Gasteiger partial charge in [0.15, 0.2) is 0 Å². The van der Waals surface area contributed by atoms with E-state index in [2.05, 4.69) is 15.4 Å². The summed E-state index contributed by atoms with van der Waals surface area (Å²) in [6.07, 6.45) is -3.39. The summed E-state index contributed by atoms with van der Waals surface area (Å²) in [5, 5.41) is 14.7. The lowest BCUT2D eigenvalue weighted by atomic mass is 10.1. The number of amides is 2. The van der Waals surface area contributed by atoms with Crippen molar-refractivity contribution in [2.75, 3.05) is 16.8 Å². The maximum Gasteiger partial charge on any atom is 0.416 e. The highest BCUT2D eigenvalue weighted by Gasteiger charge is 2.34. The summed E-state index contributed by atoms with van der Waals surface area (Å²) in [6.45, 7) is -0.653. The number of hydrogen-bond acceptors (Lipinski definition) is 5. The molecule has 0 fully saturated rings. The Labute approximate surface area is 138 Å². The Morgan fingerprint density at radius 3 is 2.80 bits per heavy atom. The predicted molar refractivity (Wildman–Crippen MR) is 77.2 cm³/mol. The molecule has 1 aromatic heterocycles. The second-order valence-corrected chi connectivity index (χ2v) is 5.14. The third-order valence-corrected chi connectivity index (χ3v) is 3.43. The second kappa shape index (κ2) is 5.90. The van der Waals surface area contributed by atoms with Crippen molar-refractivity contribution < 1.29 is 22.8 Å². The third kappa shape index (κ3) is 3.27. The molecule has 0 unspecified atom stereocenters. The number of nitrogens with zero attached hydrogens (tertiary/aromatic N) is 5. The van der Waals surface area contributed by atoms with Crippen LogP contribution in [0.25, 0.3) is 0 Å². The molecule has 1 N–H and O–H groups in total. The van der Waals surface area contributed by atoms with E-state index in [-0.39, 0.29) is 30.3 Å². The molecule has 0 saturated heterocycles. The van der Waals surface area contributed by atoms with Crippen molar-refractivity contribution in [1.29, 1.82) is 5.26 Å². The van der Waals surface area contributed by atoms with Gasteiger partial charge in [0.1, 0.15) is 25.5 Å². The van der Waals surface area contributed by atoms with Crippen LogP contribution in [-0.2, 0) is 22.3 Å². The number of halogens is 3. The van der Waals surface area contributed by atoms with E-state index in [1.54, 1.807) is 6.07 Å². The summed E-state index contributed by atoms with van der Waals surface area (Å²) in [5.41, 5.74) is -0.885. The van der Waals surface area contributed by atoms with Crippen LogP contribution in [0.4, 0.5) is 24.5 Å². The minimum Gasteiger partial charge on any atom is -0.323 e. The lowest BCUT2D eigenvalue weighted by molar-refractivity contribution is -0.137. The van der Waals surface area contributed by atoms with E-state index in [9.17, 15) is 22.8 Å².